The fraction of sp³-hybridized carbons (Fsp3) is 0.559. The molecule has 0 atom stereocenters. The van der Waals surface area contributed by atoms with Gasteiger partial charge in [-0.2, -0.15) is 0 Å². The fourth-order valence-corrected chi connectivity index (χ4v) is 4.43. The number of amides is 1. The van der Waals surface area contributed by atoms with Gasteiger partial charge < -0.3 is 23.5 Å². The van der Waals surface area contributed by atoms with Gasteiger partial charge in [0.2, 0.25) is 0 Å². The van der Waals surface area contributed by atoms with E-state index in [4.69, 9.17) is 9.15 Å². The van der Waals surface area contributed by atoms with Gasteiger partial charge in [-0.3, -0.25) is 9.59 Å². The molecule has 2 aromatic heterocycles. The number of furan rings is 1. The van der Waals surface area contributed by atoms with Crippen molar-refractivity contribution in [1.82, 2.24) is 9.47 Å². The molecular weight excluding hydrogens is 530 g/mol. The van der Waals surface area contributed by atoms with Gasteiger partial charge in [0.1, 0.15) is 5.56 Å². The summed E-state index contributed by atoms with van der Waals surface area (Å²) in [7, 11) is 0. The molecule has 1 saturated heterocycles. The van der Waals surface area contributed by atoms with Gasteiger partial charge in [-0.25, -0.2) is 4.79 Å². The molecule has 8 heteroatoms. The Hall–Kier alpha value is -3.55. The Labute approximate surface area is 253 Å². The molecule has 3 aromatic rings. The van der Waals surface area contributed by atoms with Gasteiger partial charge in [0.05, 0.1) is 24.1 Å². The minimum Gasteiger partial charge on any atom is -0.462 e. The van der Waals surface area contributed by atoms with E-state index in [0.717, 1.165) is 10.9 Å². The van der Waals surface area contributed by atoms with Gasteiger partial charge in [-0.1, -0.05) is 94.4 Å². The van der Waals surface area contributed by atoms with Crippen LogP contribution in [0.1, 0.15) is 104 Å². The van der Waals surface area contributed by atoms with E-state index in [0.29, 0.717) is 44.2 Å². The lowest BCUT2D eigenvalue weighted by Crippen LogP contribution is -2.49. The molecule has 1 aromatic carbocycles. The highest BCUT2D eigenvalue weighted by Crippen LogP contribution is 2.32. The average Bonchev–Trinajstić information content (AvgIpc) is 3.57. The lowest BCUT2D eigenvalue weighted by molar-refractivity contribution is 0.0523. The number of aromatic nitrogens is 1. The molecule has 1 fully saturated rings. The summed E-state index contributed by atoms with van der Waals surface area (Å²) in [5.74, 6) is -0.485. The summed E-state index contributed by atoms with van der Waals surface area (Å²) in [6.07, 6.45) is 1.48. The minimum atomic E-state index is -0.620. The summed E-state index contributed by atoms with van der Waals surface area (Å²) in [4.78, 5) is 43.2. The van der Waals surface area contributed by atoms with Crippen LogP contribution < -0.4 is 10.5 Å². The van der Waals surface area contributed by atoms with Crippen molar-refractivity contribution in [3.8, 4) is 0 Å². The first-order valence-electron chi connectivity index (χ1n) is 15.6. The van der Waals surface area contributed by atoms with E-state index in [9.17, 15) is 14.4 Å². The smallest absolute Gasteiger partial charge is 0.345 e. The van der Waals surface area contributed by atoms with Crippen LogP contribution in [0.15, 0.2) is 51.9 Å². The van der Waals surface area contributed by atoms with Gasteiger partial charge in [0.15, 0.2) is 5.76 Å². The third kappa shape index (κ3) is 9.78. The molecule has 3 heterocycles. The second kappa shape index (κ2) is 19.5. The highest BCUT2D eigenvalue weighted by molar-refractivity contribution is 6.05. The van der Waals surface area contributed by atoms with E-state index in [-0.39, 0.29) is 29.1 Å². The molecular formula is C34H55N3O5. The molecule has 0 spiro atoms. The Morgan fingerprint density at radius 1 is 0.857 bits per heavy atom. The third-order valence-electron chi connectivity index (χ3n) is 5.87. The number of carbonyl (C=O) groups is 2. The standard InChI is InChI=1S/C26H31N3O5.4C2H6/c1-5-33-25(32)21-22(27-12-14-28(15-13-27)23(30)20-11-8-16-34-20)18-9-6-7-10-19(18)29(24(21)31)17-26(2,3)4;4*1-2/h6-11,16H,5,12-15,17H2,1-4H3;4*1-2H3. The van der Waals surface area contributed by atoms with Crippen molar-refractivity contribution in [3.05, 3.63) is 64.3 Å². The fourth-order valence-electron chi connectivity index (χ4n) is 4.43. The SMILES string of the molecule is CC.CC.CC.CC.CCOC(=O)c1c(N2CCN(C(=O)c3ccco3)CC2)c2ccccc2n(CC(C)(C)C)c1=O. The van der Waals surface area contributed by atoms with E-state index in [2.05, 4.69) is 20.8 Å². The Morgan fingerprint density at radius 3 is 1.93 bits per heavy atom. The minimum absolute atomic E-state index is 0.0515. The molecule has 1 aliphatic heterocycles. The predicted molar refractivity (Wildman–Crippen MR) is 176 cm³/mol. The van der Waals surface area contributed by atoms with Crippen LogP contribution in [-0.4, -0.2) is 54.1 Å². The van der Waals surface area contributed by atoms with E-state index >= 15 is 0 Å². The van der Waals surface area contributed by atoms with E-state index in [1.807, 2.05) is 84.6 Å². The molecule has 8 nitrogen and oxygen atoms in total. The number of hydrogen-bond donors (Lipinski definition) is 0. The second-order valence-corrected chi connectivity index (χ2v) is 9.67. The second-order valence-electron chi connectivity index (χ2n) is 9.67. The van der Waals surface area contributed by atoms with E-state index in [1.54, 1.807) is 28.5 Å². The zero-order valence-electron chi connectivity index (χ0n) is 28.2. The molecule has 0 N–H and O–H groups in total. The molecule has 0 unspecified atom stereocenters. The van der Waals surface area contributed by atoms with Crippen molar-refractivity contribution in [1.29, 1.82) is 0 Å². The molecule has 42 heavy (non-hydrogen) atoms. The number of anilines is 1. The van der Waals surface area contributed by atoms with Crippen LogP contribution >= 0.6 is 0 Å². The van der Waals surface area contributed by atoms with Crippen molar-refractivity contribution in [2.24, 2.45) is 5.41 Å². The van der Waals surface area contributed by atoms with E-state index < -0.39 is 5.97 Å². The molecule has 0 aliphatic carbocycles. The lowest BCUT2D eigenvalue weighted by Gasteiger charge is -2.37. The summed E-state index contributed by atoms with van der Waals surface area (Å²) in [6, 6.07) is 11.0. The summed E-state index contributed by atoms with van der Waals surface area (Å²) >= 11 is 0. The van der Waals surface area contributed by atoms with E-state index in [1.165, 1.54) is 6.26 Å². The monoisotopic (exact) mass is 585 g/mol. The molecule has 4 rings (SSSR count). The molecule has 1 amide bonds. The van der Waals surface area contributed by atoms with Crippen LogP contribution in [-0.2, 0) is 11.3 Å². The van der Waals surface area contributed by atoms with Gasteiger partial charge in [0, 0.05) is 38.1 Å². The Balaban J connectivity index is 0.00000194. The largest absolute Gasteiger partial charge is 0.462 e. The quantitative estimate of drug-likeness (QED) is 0.283. The normalized spacial score (nSPS) is 12.3. The Bertz CT molecular complexity index is 1250. The summed E-state index contributed by atoms with van der Waals surface area (Å²) < 4.78 is 12.3. The summed E-state index contributed by atoms with van der Waals surface area (Å²) in [5, 5.41) is 0.820. The van der Waals surface area contributed by atoms with Gasteiger partial charge in [-0.05, 0) is 30.5 Å². The number of fused-ring (bicyclic) bond motifs is 1. The van der Waals surface area contributed by atoms with Crippen LogP contribution in [0.25, 0.3) is 10.9 Å². The van der Waals surface area contributed by atoms with Crippen LogP contribution in [0, 0.1) is 5.41 Å². The molecule has 1 aliphatic rings. The van der Waals surface area contributed by atoms with Crippen molar-refractivity contribution < 1.29 is 18.7 Å². The number of para-hydroxylation sites is 1. The maximum absolute atomic E-state index is 13.7. The molecule has 0 bridgehead atoms. The molecule has 0 radical (unpaired) electrons. The number of esters is 1. The maximum atomic E-state index is 13.7. The number of piperazine rings is 1. The van der Waals surface area contributed by atoms with Crippen LogP contribution in [0.2, 0.25) is 0 Å². The first kappa shape index (κ1) is 38.5. The number of carbonyl (C=O) groups excluding carboxylic acids is 2. The van der Waals surface area contributed by atoms with Crippen LogP contribution in [0.5, 0.6) is 0 Å². The summed E-state index contributed by atoms with van der Waals surface area (Å²) in [5.41, 5.74) is 0.887. The van der Waals surface area contributed by atoms with Crippen LogP contribution in [0.3, 0.4) is 0 Å². The van der Waals surface area contributed by atoms with Gasteiger partial charge in [-0.15, -0.1) is 0 Å². The first-order valence-corrected chi connectivity index (χ1v) is 15.6. The van der Waals surface area contributed by atoms with Crippen LogP contribution in [0.4, 0.5) is 5.69 Å². The summed E-state index contributed by atoms with van der Waals surface area (Å²) in [6.45, 7) is 26.4. The Kier molecular flexibility index (Phi) is 17.9. The van der Waals surface area contributed by atoms with Crippen molar-refractivity contribution in [2.75, 3.05) is 37.7 Å². The average molecular weight is 586 g/mol. The topological polar surface area (TPSA) is 85.0 Å². The number of hydrogen-bond acceptors (Lipinski definition) is 6. The predicted octanol–water partition coefficient (Wildman–Crippen LogP) is 7.88. The highest BCUT2D eigenvalue weighted by atomic mass is 16.5. The highest BCUT2D eigenvalue weighted by Gasteiger charge is 2.31. The number of ether oxygens (including phenoxy) is 1. The molecule has 236 valence electrons. The third-order valence-corrected chi connectivity index (χ3v) is 5.87. The van der Waals surface area contributed by atoms with Crippen molar-refractivity contribution in [3.63, 3.8) is 0 Å². The number of benzene rings is 1. The zero-order valence-corrected chi connectivity index (χ0v) is 28.2. The lowest BCUT2D eigenvalue weighted by atomic mass is 9.96. The zero-order chi connectivity index (χ0) is 32.5. The number of pyridine rings is 1. The van der Waals surface area contributed by atoms with Gasteiger partial charge >= 0.3 is 5.97 Å². The first-order chi connectivity index (χ1) is 20.2. The molecule has 0 saturated carbocycles. The van der Waals surface area contributed by atoms with Crippen molar-refractivity contribution in [2.45, 2.75) is 89.6 Å². The van der Waals surface area contributed by atoms with Crippen molar-refractivity contribution >= 4 is 28.5 Å². The number of rotatable bonds is 5. The number of nitrogens with zero attached hydrogens (tertiary/aromatic N) is 3. The van der Waals surface area contributed by atoms with Gasteiger partial charge in [0.25, 0.3) is 11.5 Å². The Morgan fingerprint density at radius 2 is 1.43 bits per heavy atom. The maximum Gasteiger partial charge on any atom is 0.345 e.